The number of aromatic nitrogens is 2. The number of hydrogen-bond acceptors (Lipinski definition) is 6. The number of sulfonamides is 1. The molecule has 1 heterocycles. The van der Waals surface area contributed by atoms with Crippen LogP contribution in [0.25, 0.3) is 0 Å². The van der Waals surface area contributed by atoms with Crippen LogP contribution < -0.4 is 10.0 Å². The fraction of sp³-hybridized carbons (Fsp3) is 0.154. The lowest BCUT2D eigenvalue weighted by Crippen LogP contribution is -2.15. The Morgan fingerprint density at radius 1 is 1.24 bits per heavy atom. The maximum absolute atomic E-state index is 12.2. The van der Waals surface area contributed by atoms with Crippen LogP contribution in [0.4, 0.5) is 11.6 Å². The molecule has 2 N–H and O–H groups in total. The topological polar surface area (TPSA) is 108 Å². The molecule has 0 unspecified atom stereocenters. The molecular formula is C13H13N5O2S. The highest BCUT2D eigenvalue weighted by Crippen LogP contribution is 2.18. The van der Waals surface area contributed by atoms with E-state index in [-0.39, 0.29) is 16.1 Å². The van der Waals surface area contributed by atoms with Gasteiger partial charge in [-0.05, 0) is 19.1 Å². The Labute approximate surface area is 122 Å². The van der Waals surface area contributed by atoms with Gasteiger partial charge in [-0.3, -0.25) is 4.72 Å². The maximum Gasteiger partial charge on any atom is 0.265 e. The molecular weight excluding hydrogens is 290 g/mol. The van der Waals surface area contributed by atoms with Crippen molar-refractivity contribution in [2.24, 2.45) is 0 Å². The van der Waals surface area contributed by atoms with Crippen molar-refractivity contribution in [1.29, 1.82) is 5.26 Å². The van der Waals surface area contributed by atoms with E-state index < -0.39 is 10.0 Å². The van der Waals surface area contributed by atoms with Crippen molar-refractivity contribution in [2.75, 3.05) is 16.6 Å². The minimum Gasteiger partial charge on any atom is -0.355 e. The lowest BCUT2D eigenvalue weighted by molar-refractivity contribution is 0.600. The van der Waals surface area contributed by atoms with E-state index in [1.807, 2.05) is 13.0 Å². The highest BCUT2D eigenvalue weighted by atomic mass is 32.2. The Balaban J connectivity index is 2.28. The van der Waals surface area contributed by atoms with E-state index in [2.05, 4.69) is 20.0 Å². The Morgan fingerprint density at radius 3 is 2.52 bits per heavy atom. The largest absolute Gasteiger partial charge is 0.355 e. The van der Waals surface area contributed by atoms with Crippen LogP contribution in [0.1, 0.15) is 12.5 Å². The van der Waals surface area contributed by atoms with Gasteiger partial charge in [0, 0.05) is 6.54 Å². The third-order valence-electron chi connectivity index (χ3n) is 2.57. The van der Waals surface area contributed by atoms with Gasteiger partial charge in [0.15, 0.2) is 0 Å². The van der Waals surface area contributed by atoms with Crippen molar-refractivity contribution in [3.8, 4) is 6.07 Å². The van der Waals surface area contributed by atoms with Gasteiger partial charge in [0.1, 0.15) is 11.0 Å². The summed E-state index contributed by atoms with van der Waals surface area (Å²) in [5.41, 5.74) is 0.460. The van der Waals surface area contributed by atoms with Gasteiger partial charge in [-0.15, -0.1) is 0 Å². The summed E-state index contributed by atoms with van der Waals surface area (Å²) < 4.78 is 26.8. The monoisotopic (exact) mass is 303 g/mol. The lowest BCUT2D eigenvalue weighted by atomic mass is 10.2. The van der Waals surface area contributed by atoms with Gasteiger partial charge in [0.25, 0.3) is 10.0 Å². The van der Waals surface area contributed by atoms with Crippen LogP contribution in [0.15, 0.2) is 41.6 Å². The summed E-state index contributed by atoms with van der Waals surface area (Å²) in [7, 11) is -3.83. The molecule has 7 nitrogen and oxygen atoms in total. The number of hydrogen-bond donors (Lipinski definition) is 2. The molecule has 0 saturated carbocycles. The first-order valence-electron chi connectivity index (χ1n) is 6.14. The Morgan fingerprint density at radius 2 is 1.90 bits per heavy atom. The van der Waals surface area contributed by atoms with Gasteiger partial charge < -0.3 is 5.32 Å². The molecule has 0 saturated heterocycles. The number of rotatable bonds is 5. The molecule has 2 aromatic rings. The van der Waals surface area contributed by atoms with Crippen LogP contribution in [0.2, 0.25) is 0 Å². The molecule has 2 rings (SSSR count). The van der Waals surface area contributed by atoms with E-state index in [4.69, 9.17) is 5.26 Å². The highest BCUT2D eigenvalue weighted by Gasteiger charge is 2.17. The number of nitrogens with zero attached hydrogens (tertiary/aromatic N) is 3. The molecule has 1 aromatic heterocycles. The zero-order chi connectivity index (χ0) is 15.3. The zero-order valence-electron chi connectivity index (χ0n) is 11.2. The molecule has 0 atom stereocenters. The van der Waals surface area contributed by atoms with Gasteiger partial charge in [0.05, 0.1) is 23.6 Å². The average Bonchev–Trinajstić information content (AvgIpc) is 2.48. The molecule has 8 heteroatoms. The van der Waals surface area contributed by atoms with Crippen LogP contribution in [-0.2, 0) is 10.0 Å². The first kappa shape index (κ1) is 14.7. The summed E-state index contributed by atoms with van der Waals surface area (Å²) in [4.78, 5) is 7.75. The second-order valence-electron chi connectivity index (χ2n) is 4.04. The molecule has 0 bridgehead atoms. The molecule has 21 heavy (non-hydrogen) atoms. The smallest absolute Gasteiger partial charge is 0.265 e. The number of para-hydroxylation sites is 1. The van der Waals surface area contributed by atoms with Crippen LogP contribution in [0.5, 0.6) is 0 Å². The van der Waals surface area contributed by atoms with Crippen molar-refractivity contribution in [3.05, 3.63) is 42.2 Å². The van der Waals surface area contributed by atoms with Gasteiger partial charge in [0.2, 0.25) is 5.95 Å². The number of nitrogens with one attached hydrogen (secondary N) is 2. The second-order valence-corrected chi connectivity index (χ2v) is 5.72. The fourth-order valence-corrected chi connectivity index (χ4v) is 2.55. The van der Waals surface area contributed by atoms with Crippen LogP contribution in [-0.4, -0.2) is 24.9 Å². The normalized spacial score (nSPS) is 10.7. The van der Waals surface area contributed by atoms with Crippen molar-refractivity contribution in [2.45, 2.75) is 11.8 Å². The minimum atomic E-state index is -3.83. The zero-order valence-corrected chi connectivity index (χ0v) is 12.1. The molecule has 108 valence electrons. The molecule has 0 aliphatic rings. The van der Waals surface area contributed by atoms with Crippen LogP contribution in [0.3, 0.4) is 0 Å². The molecule has 0 aliphatic heterocycles. The molecule has 1 aromatic carbocycles. The minimum absolute atomic E-state index is 0.0723. The van der Waals surface area contributed by atoms with Crippen molar-refractivity contribution >= 4 is 21.7 Å². The summed E-state index contributed by atoms with van der Waals surface area (Å²) in [6, 6.07) is 8.28. The quantitative estimate of drug-likeness (QED) is 0.868. The van der Waals surface area contributed by atoms with E-state index in [0.29, 0.717) is 12.5 Å². The summed E-state index contributed by atoms with van der Waals surface area (Å²) >= 11 is 0. The first-order valence-corrected chi connectivity index (χ1v) is 7.63. The summed E-state index contributed by atoms with van der Waals surface area (Å²) in [6.45, 7) is 2.52. The van der Waals surface area contributed by atoms with E-state index in [1.54, 1.807) is 12.1 Å². The summed E-state index contributed by atoms with van der Waals surface area (Å²) in [6.07, 6.45) is 2.42. The Hall–Kier alpha value is -2.66. The number of anilines is 2. The molecule has 0 spiro atoms. The molecule has 0 amide bonds. The number of nitriles is 1. The third kappa shape index (κ3) is 3.46. The first-order chi connectivity index (χ1) is 10.1. The Kier molecular flexibility index (Phi) is 4.35. The van der Waals surface area contributed by atoms with E-state index >= 15 is 0 Å². The highest BCUT2D eigenvalue weighted by molar-refractivity contribution is 7.92. The SMILES string of the molecule is CCNc1ncc(S(=O)(=O)Nc2ccccc2C#N)cn1. The third-order valence-corrected chi connectivity index (χ3v) is 3.89. The van der Waals surface area contributed by atoms with Crippen LogP contribution in [0, 0.1) is 11.3 Å². The van der Waals surface area contributed by atoms with Gasteiger partial charge >= 0.3 is 0 Å². The predicted molar refractivity (Wildman–Crippen MR) is 78.2 cm³/mol. The fourth-order valence-electron chi connectivity index (χ4n) is 1.58. The average molecular weight is 303 g/mol. The van der Waals surface area contributed by atoms with E-state index in [9.17, 15) is 8.42 Å². The molecule has 0 radical (unpaired) electrons. The van der Waals surface area contributed by atoms with Gasteiger partial charge in [-0.25, -0.2) is 18.4 Å². The predicted octanol–water partition coefficient (Wildman–Crippen LogP) is 1.58. The molecule has 0 fully saturated rings. The summed E-state index contributed by atoms with van der Waals surface area (Å²) in [5, 5.41) is 11.8. The van der Waals surface area contributed by atoms with Gasteiger partial charge in [-0.1, -0.05) is 12.1 Å². The standard InChI is InChI=1S/C13H13N5O2S/c1-2-15-13-16-8-11(9-17-13)21(19,20)18-12-6-4-3-5-10(12)7-14/h3-6,8-9,18H,2H2,1H3,(H,15,16,17). The van der Waals surface area contributed by atoms with Crippen molar-refractivity contribution in [3.63, 3.8) is 0 Å². The van der Waals surface area contributed by atoms with Crippen molar-refractivity contribution < 1.29 is 8.42 Å². The van der Waals surface area contributed by atoms with Crippen LogP contribution >= 0.6 is 0 Å². The lowest BCUT2D eigenvalue weighted by Gasteiger charge is -2.09. The Bertz CT molecular complexity index is 766. The van der Waals surface area contributed by atoms with Crippen molar-refractivity contribution in [1.82, 2.24) is 9.97 Å². The molecule has 0 aliphatic carbocycles. The number of benzene rings is 1. The van der Waals surface area contributed by atoms with Gasteiger partial charge in [-0.2, -0.15) is 5.26 Å². The summed E-state index contributed by atoms with van der Waals surface area (Å²) in [5.74, 6) is 0.355. The second kappa shape index (κ2) is 6.19. The van der Waals surface area contributed by atoms with E-state index in [0.717, 1.165) is 0 Å². The van der Waals surface area contributed by atoms with E-state index in [1.165, 1.54) is 24.5 Å². The maximum atomic E-state index is 12.2.